The smallest absolute Gasteiger partial charge is 0.105 e. The normalized spacial score (nSPS) is 20.0. The molecule has 3 heteroatoms. The summed E-state index contributed by atoms with van der Waals surface area (Å²) >= 11 is 0. The summed E-state index contributed by atoms with van der Waals surface area (Å²) in [7, 11) is 2.09. The van der Waals surface area contributed by atoms with Crippen molar-refractivity contribution >= 4 is 0 Å². The fourth-order valence-electron chi connectivity index (χ4n) is 3.92. The van der Waals surface area contributed by atoms with Crippen molar-refractivity contribution in [2.45, 2.75) is 57.5 Å². The molecule has 2 rings (SSSR count). The number of nitrogens with one attached hydrogen (secondary N) is 1. The van der Waals surface area contributed by atoms with Gasteiger partial charge in [-0.05, 0) is 45.1 Å². The van der Waals surface area contributed by atoms with Crippen molar-refractivity contribution in [3.05, 3.63) is 24.2 Å². The molecular formula is C16H28N2O. The third-order valence-electron chi connectivity index (χ3n) is 4.85. The molecule has 1 N–H and O–H groups in total. The van der Waals surface area contributed by atoms with Crippen LogP contribution in [0.15, 0.2) is 22.8 Å². The van der Waals surface area contributed by atoms with E-state index in [1.807, 2.05) is 6.07 Å². The average Bonchev–Trinajstić information content (AvgIpc) is 3.09. The van der Waals surface area contributed by atoms with Crippen LogP contribution < -0.4 is 5.32 Å². The van der Waals surface area contributed by atoms with Gasteiger partial charge >= 0.3 is 0 Å². The number of hydrogen-bond donors (Lipinski definition) is 1. The number of rotatable bonds is 7. The predicted octanol–water partition coefficient (Wildman–Crippen LogP) is 3.06. The molecule has 1 aliphatic carbocycles. The first-order chi connectivity index (χ1) is 9.26. The molecule has 1 atom stereocenters. The fourth-order valence-corrected chi connectivity index (χ4v) is 3.92. The minimum Gasteiger partial charge on any atom is -0.469 e. The number of nitrogens with zero attached hydrogens (tertiary/aromatic N) is 1. The lowest BCUT2D eigenvalue weighted by molar-refractivity contribution is 0.0639. The molecule has 3 nitrogen and oxygen atoms in total. The third-order valence-corrected chi connectivity index (χ3v) is 4.85. The van der Waals surface area contributed by atoms with Crippen molar-refractivity contribution in [1.82, 2.24) is 10.2 Å². The van der Waals surface area contributed by atoms with E-state index in [0.717, 1.165) is 25.3 Å². The Morgan fingerprint density at radius 2 is 2.00 bits per heavy atom. The SMILES string of the molecule is CCN(CC)C1(C(Cc2ccco2)NC)CCCC1. The van der Waals surface area contributed by atoms with Crippen molar-refractivity contribution in [3.8, 4) is 0 Å². The van der Waals surface area contributed by atoms with E-state index < -0.39 is 0 Å². The van der Waals surface area contributed by atoms with Crippen molar-refractivity contribution < 1.29 is 4.42 Å². The zero-order chi connectivity index (χ0) is 13.7. The van der Waals surface area contributed by atoms with Crippen molar-refractivity contribution in [1.29, 1.82) is 0 Å². The molecule has 0 amide bonds. The Balaban J connectivity index is 2.20. The molecule has 1 unspecified atom stereocenters. The van der Waals surface area contributed by atoms with Crippen molar-refractivity contribution in [2.75, 3.05) is 20.1 Å². The second-order valence-corrected chi connectivity index (χ2v) is 5.61. The largest absolute Gasteiger partial charge is 0.469 e. The Morgan fingerprint density at radius 3 is 2.47 bits per heavy atom. The summed E-state index contributed by atoms with van der Waals surface area (Å²) in [5.41, 5.74) is 0.311. The molecule has 1 aromatic rings. The Bertz CT molecular complexity index is 351. The second kappa shape index (κ2) is 6.58. The first-order valence-corrected chi connectivity index (χ1v) is 7.71. The van der Waals surface area contributed by atoms with Gasteiger partial charge < -0.3 is 9.73 Å². The molecule has 0 radical (unpaired) electrons. The molecule has 1 fully saturated rings. The molecule has 1 saturated carbocycles. The van der Waals surface area contributed by atoms with E-state index in [4.69, 9.17) is 4.42 Å². The van der Waals surface area contributed by atoms with Gasteiger partial charge in [-0.15, -0.1) is 0 Å². The summed E-state index contributed by atoms with van der Waals surface area (Å²) in [4.78, 5) is 2.66. The average molecular weight is 264 g/mol. The van der Waals surface area contributed by atoms with Crippen LogP contribution in [0.1, 0.15) is 45.3 Å². The highest BCUT2D eigenvalue weighted by Crippen LogP contribution is 2.39. The van der Waals surface area contributed by atoms with E-state index in [0.29, 0.717) is 11.6 Å². The maximum Gasteiger partial charge on any atom is 0.105 e. The van der Waals surface area contributed by atoms with Crippen LogP contribution in [-0.4, -0.2) is 36.6 Å². The van der Waals surface area contributed by atoms with Crippen LogP contribution in [0.4, 0.5) is 0 Å². The summed E-state index contributed by atoms with van der Waals surface area (Å²) in [6, 6.07) is 4.55. The molecule has 0 aliphatic heterocycles. The van der Waals surface area contributed by atoms with Gasteiger partial charge in [0.1, 0.15) is 5.76 Å². The summed E-state index contributed by atoms with van der Waals surface area (Å²) in [6.07, 6.45) is 8.09. The molecule has 1 aromatic heterocycles. The first-order valence-electron chi connectivity index (χ1n) is 7.71. The van der Waals surface area contributed by atoms with Crippen molar-refractivity contribution in [3.63, 3.8) is 0 Å². The molecule has 19 heavy (non-hydrogen) atoms. The lowest BCUT2D eigenvalue weighted by Gasteiger charge is -2.46. The standard InChI is InChI=1S/C16H28N2O/c1-4-18(5-2)16(10-6-7-11-16)15(17-3)13-14-9-8-12-19-14/h8-9,12,15,17H,4-7,10-11,13H2,1-3H3. The zero-order valence-electron chi connectivity index (χ0n) is 12.6. The van der Waals surface area contributed by atoms with Crippen LogP contribution in [0.3, 0.4) is 0 Å². The third kappa shape index (κ3) is 2.87. The van der Waals surface area contributed by atoms with Crippen molar-refractivity contribution in [2.24, 2.45) is 0 Å². The van der Waals surface area contributed by atoms with Crippen LogP contribution >= 0.6 is 0 Å². The highest BCUT2D eigenvalue weighted by molar-refractivity contribution is 5.09. The lowest BCUT2D eigenvalue weighted by atomic mass is 9.83. The van der Waals surface area contributed by atoms with E-state index in [1.54, 1.807) is 6.26 Å². The van der Waals surface area contributed by atoms with Crippen LogP contribution in [0.2, 0.25) is 0 Å². The molecule has 0 saturated heterocycles. The van der Waals surface area contributed by atoms with Gasteiger partial charge in [-0.1, -0.05) is 26.7 Å². The summed E-state index contributed by atoms with van der Waals surface area (Å²) < 4.78 is 5.56. The number of likely N-dealkylation sites (N-methyl/N-ethyl adjacent to an activating group) is 2. The molecule has 1 heterocycles. The maximum atomic E-state index is 5.56. The van der Waals surface area contributed by atoms with Gasteiger partial charge in [0.15, 0.2) is 0 Å². The van der Waals surface area contributed by atoms with Crippen LogP contribution in [-0.2, 0) is 6.42 Å². The van der Waals surface area contributed by atoms with Gasteiger partial charge in [-0.3, -0.25) is 4.90 Å². The first kappa shape index (κ1) is 14.6. The summed E-state index contributed by atoms with van der Waals surface area (Å²) in [5.74, 6) is 1.10. The molecule has 0 bridgehead atoms. The molecule has 1 aliphatic rings. The maximum absolute atomic E-state index is 5.56. The van der Waals surface area contributed by atoms with E-state index >= 15 is 0 Å². The van der Waals surface area contributed by atoms with Gasteiger partial charge in [-0.25, -0.2) is 0 Å². The topological polar surface area (TPSA) is 28.4 Å². The fraction of sp³-hybridized carbons (Fsp3) is 0.750. The lowest BCUT2D eigenvalue weighted by Crippen LogP contribution is -2.60. The van der Waals surface area contributed by atoms with Gasteiger partial charge in [0.05, 0.1) is 6.26 Å². The van der Waals surface area contributed by atoms with Gasteiger partial charge in [0.2, 0.25) is 0 Å². The number of furan rings is 1. The quantitative estimate of drug-likeness (QED) is 0.820. The Morgan fingerprint density at radius 1 is 1.32 bits per heavy atom. The van der Waals surface area contributed by atoms with Gasteiger partial charge in [0, 0.05) is 18.0 Å². The predicted molar refractivity (Wildman–Crippen MR) is 79.4 cm³/mol. The second-order valence-electron chi connectivity index (χ2n) is 5.61. The minimum atomic E-state index is 0.311. The Kier molecular flexibility index (Phi) is 5.06. The zero-order valence-corrected chi connectivity index (χ0v) is 12.6. The molecule has 108 valence electrons. The highest BCUT2D eigenvalue weighted by Gasteiger charge is 2.44. The van der Waals surface area contributed by atoms with E-state index in [2.05, 4.69) is 37.2 Å². The van der Waals surface area contributed by atoms with E-state index in [9.17, 15) is 0 Å². The van der Waals surface area contributed by atoms with E-state index in [1.165, 1.54) is 25.7 Å². The minimum absolute atomic E-state index is 0.311. The van der Waals surface area contributed by atoms with Gasteiger partial charge in [0.25, 0.3) is 0 Å². The molecular weight excluding hydrogens is 236 g/mol. The van der Waals surface area contributed by atoms with Gasteiger partial charge in [-0.2, -0.15) is 0 Å². The highest BCUT2D eigenvalue weighted by atomic mass is 16.3. The van der Waals surface area contributed by atoms with E-state index in [-0.39, 0.29) is 0 Å². The molecule has 0 aromatic carbocycles. The monoisotopic (exact) mass is 264 g/mol. The Labute approximate surface area is 117 Å². The van der Waals surface area contributed by atoms with Crippen LogP contribution in [0.5, 0.6) is 0 Å². The van der Waals surface area contributed by atoms with Crippen LogP contribution in [0.25, 0.3) is 0 Å². The molecule has 0 spiro atoms. The van der Waals surface area contributed by atoms with Crippen LogP contribution in [0, 0.1) is 0 Å². The summed E-state index contributed by atoms with van der Waals surface area (Å²) in [5, 5.41) is 3.57. The number of hydrogen-bond acceptors (Lipinski definition) is 3. The summed E-state index contributed by atoms with van der Waals surface area (Å²) in [6.45, 7) is 6.83. The Hall–Kier alpha value is -0.800.